The summed E-state index contributed by atoms with van der Waals surface area (Å²) in [4.78, 5) is 14.8. The average molecular weight is 305 g/mol. The maximum Gasteiger partial charge on any atom is 0.223 e. The van der Waals surface area contributed by atoms with Crippen LogP contribution < -0.4 is 5.32 Å². The first kappa shape index (κ1) is 13.7. The molecule has 16 heavy (non-hydrogen) atoms. The van der Waals surface area contributed by atoms with Crippen molar-refractivity contribution < 1.29 is 4.79 Å². The van der Waals surface area contributed by atoms with Crippen LogP contribution in [0.15, 0.2) is 15.9 Å². The van der Waals surface area contributed by atoms with Crippen molar-refractivity contribution in [1.29, 1.82) is 0 Å². The highest BCUT2D eigenvalue weighted by atomic mass is 79.9. The molecule has 0 aliphatic heterocycles. The second-order valence-corrected chi connectivity index (χ2v) is 6.47. The lowest BCUT2D eigenvalue weighted by atomic mass is 10.1. The molecule has 0 fully saturated rings. The van der Waals surface area contributed by atoms with Crippen LogP contribution >= 0.6 is 27.3 Å². The second kappa shape index (κ2) is 6.37. The van der Waals surface area contributed by atoms with E-state index in [4.69, 9.17) is 0 Å². The molecule has 5 heteroatoms. The van der Waals surface area contributed by atoms with Crippen molar-refractivity contribution >= 4 is 33.2 Å². The highest BCUT2D eigenvalue weighted by Crippen LogP contribution is 2.23. The number of nitrogens with zero attached hydrogens (tertiary/aromatic N) is 1. The fraction of sp³-hybridized carbons (Fsp3) is 0.545. The first-order valence-electron chi connectivity index (χ1n) is 5.17. The van der Waals surface area contributed by atoms with Gasteiger partial charge in [-0.15, -0.1) is 11.3 Å². The zero-order chi connectivity index (χ0) is 12.1. The molecule has 1 N–H and O–H groups in total. The fourth-order valence-electron chi connectivity index (χ4n) is 1.56. The molecule has 1 aromatic rings. The number of carbonyl (C=O) groups excluding carboxylic acids is 1. The molecule has 1 heterocycles. The van der Waals surface area contributed by atoms with Gasteiger partial charge in [-0.05, 0) is 35.1 Å². The van der Waals surface area contributed by atoms with Crippen molar-refractivity contribution in [3.63, 3.8) is 0 Å². The molecule has 0 bridgehead atoms. The van der Waals surface area contributed by atoms with Gasteiger partial charge in [0.15, 0.2) is 0 Å². The van der Waals surface area contributed by atoms with E-state index in [1.165, 1.54) is 4.88 Å². The number of carbonyl (C=O) groups is 1. The molecule has 0 aliphatic carbocycles. The Bertz CT molecular complexity index is 354. The Hall–Kier alpha value is -0.390. The molecule has 1 atom stereocenters. The number of rotatable bonds is 5. The SMILES string of the molecule is CNC(=O)C(C)CN(C)Cc1ccc(Br)s1. The Balaban J connectivity index is 2.41. The lowest BCUT2D eigenvalue weighted by Crippen LogP contribution is -2.33. The van der Waals surface area contributed by atoms with Gasteiger partial charge in [0, 0.05) is 30.9 Å². The zero-order valence-corrected chi connectivity index (χ0v) is 12.2. The molecule has 0 radical (unpaired) electrons. The normalized spacial score (nSPS) is 12.8. The van der Waals surface area contributed by atoms with Crippen LogP contribution in [0.25, 0.3) is 0 Å². The smallest absolute Gasteiger partial charge is 0.223 e. The van der Waals surface area contributed by atoms with Gasteiger partial charge in [0.05, 0.1) is 3.79 Å². The summed E-state index contributed by atoms with van der Waals surface area (Å²) in [5, 5.41) is 2.67. The van der Waals surface area contributed by atoms with E-state index in [1.807, 2.05) is 14.0 Å². The number of halogens is 1. The molecular weight excluding hydrogens is 288 g/mol. The van der Waals surface area contributed by atoms with Crippen molar-refractivity contribution in [3.05, 3.63) is 20.8 Å². The van der Waals surface area contributed by atoms with Gasteiger partial charge in [-0.2, -0.15) is 0 Å². The van der Waals surface area contributed by atoms with Gasteiger partial charge in [-0.3, -0.25) is 4.79 Å². The van der Waals surface area contributed by atoms with E-state index in [0.29, 0.717) is 0 Å². The summed E-state index contributed by atoms with van der Waals surface area (Å²) in [6.45, 7) is 3.60. The Kier molecular flexibility index (Phi) is 5.44. The van der Waals surface area contributed by atoms with Crippen LogP contribution in [0.5, 0.6) is 0 Å². The number of thiophene rings is 1. The van der Waals surface area contributed by atoms with Gasteiger partial charge >= 0.3 is 0 Å². The van der Waals surface area contributed by atoms with E-state index < -0.39 is 0 Å². The third-order valence-electron chi connectivity index (χ3n) is 2.33. The van der Waals surface area contributed by atoms with Crippen molar-refractivity contribution in [2.24, 2.45) is 5.92 Å². The van der Waals surface area contributed by atoms with E-state index in [-0.39, 0.29) is 11.8 Å². The molecule has 0 saturated carbocycles. The summed E-state index contributed by atoms with van der Waals surface area (Å²) in [7, 11) is 3.71. The zero-order valence-electron chi connectivity index (χ0n) is 9.79. The number of hydrogen-bond acceptors (Lipinski definition) is 3. The topological polar surface area (TPSA) is 32.3 Å². The Morgan fingerprint density at radius 1 is 1.62 bits per heavy atom. The molecular formula is C11H17BrN2OS. The average Bonchev–Trinajstić information content (AvgIpc) is 2.62. The third kappa shape index (κ3) is 4.23. The molecule has 1 rings (SSSR count). The van der Waals surface area contributed by atoms with Gasteiger partial charge < -0.3 is 10.2 Å². The van der Waals surface area contributed by atoms with E-state index >= 15 is 0 Å². The quantitative estimate of drug-likeness (QED) is 0.905. The minimum absolute atomic E-state index is 0.0263. The third-order valence-corrected chi connectivity index (χ3v) is 3.94. The van der Waals surface area contributed by atoms with Crippen LogP contribution in [-0.2, 0) is 11.3 Å². The number of hydrogen-bond donors (Lipinski definition) is 1. The summed E-state index contributed by atoms with van der Waals surface area (Å²) in [5.41, 5.74) is 0. The van der Waals surface area contributed by atoms with Gasteiger partial charge in [-0.1, -0.05) is 6.92 Å². The minimum atomic E-state index is 0.0263. The second-order valence-electron chi connectivity index (χ2n) is 3.92. The summed E-state index contributed by atoms with van der Waals surface area (Å²) in [5.74, 6) is 0.123. The summed E-state index contributed by atoms with van der Waals surface area (Å²) in [6.07, 6.45) is 0. The predicted molar refractivity (Wildman–Crippen MR) is 71.6 cm³/mol. The van der Waals surface area contributed by atoms with Gasteiger partial charge in [0.25, 0.3) is 0 Å². The van der Waals surface area contributed by atoms with Crippen LogP contribution in [0.2, 0.25) is 0 Å². The van der Waals surface area contributed by atoms with Gasteiger partial charge in [0.1, 0.15) is 0 Å². The lowest BCUT2D eigenvalue weighted by molar-refractivity contribution is -0.124. The number of nitrogens with one attached hydrogen (secondary N) is 1. The minimum Gasteiger partial charge on any atom is -0.359 e. The first-order chi connectivity index (χ1) is 7.52. The van der Waals surface area contributed by atoms with Crippen molar-refractivity contribution in [2.45, 2.75) is 13.5 Å². The molecule has 90 valence electrons. The van der Waals surface area contributed by atoms with Crippen LogP contribution in [0.1, 0.15) is 11.8 Å². The lowest BCUT2D eigenvalue weighted by Gasteiger charge is -2.19. The maximum absolute atomic E-state index is 11.4. The van der Waals surface area contributed by atoms with Crippen LogP contribution in [0.4, 0.5) is 0 Å². The molecule has 0 aliphatic rings. The van der Waals surface area contributed by atoms with E-state index in [0.717, 1.165) is 16.9 Å². The van der Waals surface area contributed by atoms with E-state index in [1.54, 1.807) is 18.4 Å². The fourth-order valence-corrected chi connectivity index (χ4v) is 3.13. The van der Waals surface area contributed by atoms with Gasteiger partial charge in [0.2, 0.25) is 5.91 Å². The number of amides is 1. The highest BCUT2D eigenvalue weighted by Gasteiger charge is 2.13. The van der Waals surface area contributed by atoms with E-state index in [2.05, 4.69) is 38.3 Å². The first-order valence-corrected chi connectivity index (χ1v) is 6.78. The van der Waals surface area contributed by atoms with E-state index in [9.17, 15) is 4.79 Å². The van der Waals surface area contributed by atoms with Crippen molar-refractivity contribution in [2.75, 3.05) is 20.6 Å². The molecule has 0 aromatic carbocycles. The summed E-state index contributed by atoms with van der Waals surface area (Å²) < 4.78 is 1.15. The highest BCUT2D eigenvalue weighted by molar-refractivity contribution is 9.11. The molecule has 1 amide bonds. The maximum atomic E-state index is 11.4. The molecule has 0 saturated heterocycles. The standard InChI is InChI=1S/C11H17BrN2OS/c1-8(11(15)13-2)6-14(3)7-9-4-5-10(12)16-9/h4-5,8H,6-7H2,1-3H3,(H,13,15). The Morgan fingerprint density at radius 3 is 2.81 bits per heavy atom. The Morgan fingerprint density at radius 2 is 2.31 bits per heavy atom. The Labute approximate surface area is 109 Å². The molecule has 1 unspecified atom stereocenters. The van der Waals surface area contributed by atoms with Crippen LogP contribution in [0.3, 0.4) is 0 Å². The van der Waals surface area contributed by atoms with Crippen LogP contribution in [0, 0.1) is 5.92 Å². The molecule has 1 aromatic heterocycles. The summed E-state index contributed by atoms with van der Waals surface area (Å²) in [6, 6.07) is 4.16. The summed E-state index contributed by atoms with van der Waals surface area (Å²) >= 11 is 5.17. The monoisotopic (exact) mass is 304 g/mol. The molecule has 0 spiro atoms. The largest absolute Gasteiger partial charge is 0.359 e. The van der Waals surface area contributed by atoms with Gasteiger partial charge in [-0.25, -0.2) is 0 Å². The molecule has 3 nitrogen and oxygen atoms in total. The predicted octanol–water partition coefficient (Wildman–Crippen LogP) is 2.32. The van der Waals surface area contributed by atoms with Crippen molar-refractivity contribution in [3.8, 4) is 0 Å². The van der Waals surface area contributed by atoms with Crippen molar-refractivity contribution in [1.82, 2.24) is 10.2 Å². The van der Waals surface area contributed by atoms with Crippen LogP contribution in [-0.4, -0.2) is 31.4 Å².